The standard InChI is InChI=1S/C38H51N7O9/c1-38(2,3)34(25-46)41-35(48)26-53-17-16-51-13-12-49-10-11-50-14-15-52-18-19-54-36-21-27(8-9-40-36)44-23-29-20-28(44)24-45(29)32-22-31(42-43-37(32)39)30-6-4-5-7-33(30)47/h4-9,21-23,25,28,34,47H,10-20,24,26H2,1-3H3,(H2,39,43)(H,41,48). The second kappa shape index (κ2) is 20.0. The minimum Gasteiger partial charge on any atom is -0.507 e. The van der Waals surface area contributed by atoms with Crippen LogP contribution in [-0.4, -0.2) is 124 Å². The normalized spacial score (nSPS) is 15.7. The summed E-state index contributed by atoms with van der Waals surface area (Å²) in [5.41, 5.74) is 9.92. The number of aromatic hydroxyl groups is 1. The van der Waals surface area contributed by atoms with Gasteiger partial charge in [0.2, 0.25) is 11.8 Å². The third kappa shape index (κ3) is 11.6. The summed E-state index contributed by atoms with van der Waals surface area (Å²) in [6.07, 6.45) is 5.43. The number of aldehydes is 1. The van der Waals surface area contributed by atoms with Crippen molar-refractivity contribution in [1.29, 1.82) is 0 Å². The molecule has 2 unspecified atom stereocenters. The molecule has 2 bridgehead atoms. The first-order valence-electron chi connectivity index (χ1n) is 18.0. The van der Waals surface area contributed by atoms with Crippen LogP contribution in [-0.2, 0) is 33.3 Å². The van der Waals surface area contributed by atoms with Crippen molar-refractivity contribution in [3.8, 4) is 22.9 Å². The second-order valence-corrected chi connectivity index (χ2v) is 13.8. The molecule has 1 aromatic carbocycles. The number of amides is 1. The van der Waals surface area contributed by atoms with Crippen molar-refractivity contribution in [1.82, 2.24) is 20.5 Å². The van der Waals surface area contributed by atoms with Crippen LogP contribution in [0.4, 0.5) is 17.2 Å². The predicted molar refractivity (Wildman–Crippen MR) is 201 cm³/mol. The maximum atomic E-state index is 11.9. The lowest BCUT2D eigenvalue weighted by atomic mass is 9.88. The number of para-hydroxylation sites is 1. The Labute approximate surface area is 315 Å². The summed E-state index contributed by atoms with van der Waals surface area (Å²) in [6, 6.07) is 12.4. The fourth-order valence-corrected chi connectivity index (χ4v) is 5.84. The first-order chi connectivity index (χ1) is 26.1. The van der Waals surface area contributed by atoms with Gasteiger partial charge in [0.1, 0.15) is 25.2 Å². The van der Waals surface area contributed by atoms with E-state index in [1.807, 2.05) is 45.0 Å². The van der Waals surface area contributed by atoms with Crippen LogP contribution in [0.15, 0.2) is 60.6 Å². The average molecular weight is 750 g/mol. The van der Waals surface area contributed by atoms with Gasteiger partial charge in [-0.15, -0.1) is 10.2 Å². The molecule has 292 valence electrons. The highest BCUT2D eigenvalue weighted by Crippen LogP contribution is 2.42. The van der Waals surface area contributed by atoms with Gasteiger partial charge >= 0.3 is 0 Å². The molecule has 1 fully saturated rings. The number of carbonyl (C=O) groups is 2. The van der Waals surface area contributed by atoms with Crippen molar-refractivity contribution in [3.05, 3.63) is 60.6 Å². The summed E-state index contributed by atoms with van der Waals surface area (Å²) in [5, 5.41) is 21.3. The van der Waals surface area contributed by atoms with E-state index in [0.29, 0.717) is 82.4 Å². The fourth-order valence-electron chi connectivity index (χ4n) is 5.84. The van der Waals surface area contributed by atoms with Crippen molar-refractivity contribution < 1.29 is 43.1 Å². The number of aromatic nitrogens is 3. The number of benzene rings is 1. The van der Waals surface area contributed by atoms with Crippen LogP contribution in [0.5, 0.6) is 11.6 Å². The molecule has 4 N–H and O–H groups in total. The predicted octanol–water partition coefficient (Wildman–Crippen LogP) is 2.96. The van der Waals surface area contributed by atoms with Crippen molar-refractivity contribution in [2.24, 2.45) is 5.41 Å². The number of fused-ring (bicyclic) bond motifs is 2. The SMILES string of the molecule is CC(C)(C)C(C=O)NC(=O)COCCOCCOCCOCCOCCOc1cc(N2C=C3CC2CN3c2cc(-c3ccccc3O)nnc2N)ccn1. The molecule has 3 aromatic rings. The summed E-state index contributed by atoms with van der Waals surface area (Å²) < 4.78 is 33.3. The molecule has 0 spiro atoms. The number of nitrogens with two attached hydrogens (primary N) is 1. The molecule has 2 aliphatic heterocycles. The molecule has 2 atom stereocenters. The first-order valence-corrected chi connectivity index (χ1v) is 18.0. The van der Waals surface area contributed by atoms with Crippen molar-refractivity contribution in [3.63, 3.8) is 0 Å². The number of nitrogen functional groups attached to an aromatic ring is 1. The van der Waals surface area contributed by atoms with E-state index in [2.05, 4.69) is 36.5 Å². The molecule has 54 heavy (non-hydrogen) atoms. The molecular weight excluding hydrogens is 698 g/mol. The summed E-state index contributed by atoms with van der Waals surface area (Å²) in [5.74, 6) is 0.652. The van der Waals surface area contributed by atoms with Gasteiger partial charge in [-0.1, -0.05) is 32.9 Å². The van der Waals surface area contributed by atoms with Gasteiger partial charge in [-0.2, -0.15) is 0 Å². The molecular formula is C38H51N7O9. The molecule has 16 nitrogen and oxygen atoms in total. The highest BCUT2D eigenvalue weighted by atomic mass is 16.6. The zero-order chi connectivity index (χ0) is 38.3. The lowest BCUT2D eigenvalue weighted by Gasteiger charge is -2.31. The smallest absolute Gasteiger partial charge is 0.246 e. The van der Waals surface area contributed by atoms with Crippen LogP contribution >= 0.6 is 0 Å². The Morgan fingerprint density at radius 3 is 2.20 bits per heavy atom. The van der Waals surface area contributed by atoms with Gasteiger partial charge in [0.25, 0.3) is 0 Å². The number of pyridine rings is 1. The zero-order valence-corrected chi connectivity index (χ0v) is 31.1. The minimum absolute atomic E-state index is 0.131. The summed E-state index contributed by atoms with van der Waals surface area (Å²) in [4.78, 5) is 31.8. The van der Waals surface area contributed by atoms with Crippen LogP contribution in [0.2, 0.25) is 0 Å². The van der Waals surface area contributed by atoms with Crippen LogP contribution < -0.4 is 25.6 Å². The Hall–Kier alpha value is -4.87. The number of nitrogens with one attached hydrogen (secondary N) is 1. The topological polar surface area (TPSA) is 193 Å². The number of carbonyl (C=O) groups excluding carboxylic acids is 2. The Balaban J connectivity index is 0.890. The average Bonchev–Trinajstić information content (AvgIpc) is 3.77. The van der Waals surface area contributed by atoms with E-state index in [1.165, 1.54) is 0 Å². The van der Waals surface area contributed by atoms with Crippen molar-refractivity contribution in [2.75, 3.05) is 94.8 Å². The molecule has 0 radical (unpaired) electrons. The molecule has 5 rings (SSSR count). The number of hydrogen-bond donors (Lipinski definition) is 3. The van der Waals surface area contributed by atoms with Crippen LogP contribution in [0.3, 0.4) is 0 Å². The second-order valence-electron chi connectivity index (χ2n) is 13.8. The van der Waals surface area contributed by atoms with E-state index in [4.69, 9.17) is 34.2 Å². The highest BCUT2D eigenvalue weighted by Gasteiger charge is 2.38. The number of nitrogens with zero attached hydrogens (tertiary/aromatic N) is 5. The minimum atomic E-state index is -0.565. The van der Waals surface area contributed by atoms with Gasteiger partial charge < -0.3 is 59.2 Å². The van der Waals surface area contributed by atoms with E-state index in [1.54, 1.807) is 24.4 Å². The lowest BCUT2D eigenvalue weighted by Crippen LogP contribution is -2.46. The number of rotatable bonds is 23. The third-order valence-corrected chi connectivity index (χ3v) is 8.74. The first kappa shape index (κ1) is 40.3. The molecule has 16 heteroatoms. The van der Waals surface area contributed by atoms with E-state index in [-0.39, 0.29) is 36.3 Å². The quantitative estimate of drug-likeness (QED) is 0.0946. The molecule has 1 saturated heterocycles. The number of phenolic OH excluding ortho intramolecular Hbond substituents is 1. The monoisotopic (exact) mass is 749 g/mol. The van der Waals surface area contributed by atoms with Crippen molar-refractivity contribution >= 4 is 29.4 Å². The molecule has 2 aliphatic rings. The fraction of sp³-hybridized carbons (Fsp3) is 0.500. The molecule has 0 saturated carbocycles. The van der Waals surface area contributed by atoms with Crippen LogP contribution in [0.1, 0.15) is 27.2 Å². The molecule has 2 aromatic heterocycles. The Bertz CT molecular complexity index is 1700. The lowest BCUT2D eigenvalue weighted by molar-refractivity contribution is -0.130. The Morgan fingerprint density at radius 1 is 0.944 bits per heavy atom. The van der Waals surface area contributed by atoms with Gasteiger partial charge in [-0.25, -0.2) is 4.98 Å². The number of phenols is 1. The third-order valence-electron chi connectivity index (χ3n) is 8.74. The van der Waals surface area contributed by atoms with E-state index < -0.39 is 6.04 Å². The summed E-state index contributed by atoms with van der Waals surface area (Å²) in [6.45, 7) is 10.1. The Morgan fingerprint density at radius 2 is 1.59 bits per heavy atom. The van der Waals surface area contributed by atoms with Crippen LogP contribution in [0, 0.1) is 5.41 Å². The van der Waals surface area contributed by atoms with Crippen LogP contribution in [0.25, 0.3) is 11.3 Å². The summed E-state index contributed by atoms with van der Waals surface area (Å²) >= 11 is 0. The van der Waals surface area contributed by atoms with Gasteiger partial charge in [0.15, 0.2) is 5.82 Å². The maximum absolute atomic E-state index is 11.9. The van der Waals surface area contributed by atoms with Gasteiger partial charge in [-0.05, 0) is 29.7 Å². The molecule has 1 amide bonds. The van der Waals surface area contributed by atoms with E-state index >= 15 is 0 Å². The van der Waals surface area contributed by atoms with Gasteiger partial charge in [-0.3, -0.25) is 4.79 Å². The number of hydrogen-bond acceptors (Lipinski definition) is 15. The van der Waals surface area contributed by atoms with Crippen molar-refractivity contribution in [2.45, 2.75) is 39.3 Å². The molecule has 4 heterocycles. The molecule has 0 aliphatic carbocycles. The number of anilines is 3. The van der Waals surface area contributed by atoms with Gasteiger partial charge in [0, 0.05) is 48.4 Å². The number of ether oxygens (including phenoxy) is 6. The zero-order valence-electron chi connectivity index (χ0n) is 31.1. The highest BCUT2D eigenvalue weighted by molar-refractivity contribution is 5.81. The largest absolute Gasteiger partial charge is 0.507 e. The Kier molecular flexibility index (Phi) is 14.9. The van der Waals surface area contributed by atoms with Gasteiger partial charge in [0.05, 0.1) is 82.9 Å². The maximum Gasteiger partial charge on any atom is 0.246 e. The van der Waals surface area contributed by atoms with E-state index in [0.717, 1.165) is 36.3 Å². The summed E-state index contributed by atoms with van der Waals surface area (Å²) in [7, 11) is 0. The van der Waals surface area contributed by atoms with E-state index in [9.17, 15) is 14.7 Å².